The maximum atomic E-state index is 12.7. The van der Waals surface area contributed by atoms with Crippen LogP contribution < -0.4 is 20.7 Å². The Labute approximate surface area is 314 Å². The first-order valence-corrected chi connectivity index (χ1v) is 17.4. The van der Waals surface area contributed by atoms with Crippen LogP contribution in [0.25, 0.3) is 0 Å². The first kappa shape index (κ1) is 46.5. The summed E-state index contributed by atoms with van der Waals surface area (Å²) in [7, 11) is -4.10. The summed E-state index contributed by atoms with van der Waals surface area (Å²) in [5.74, 6) is -2.86. The highest BCUT2D eigenvalue weighted by Crippen LogP contribution is 2.37. The summed E-state index contributed by atoms with van der Waals surface area (Å²) in [5, 5.41) is 33.3. The molecule has 0 spiro atoms. The number of ether oxygens (including phenoxy) is 2. The van der Waals surface area contributed by atoms with Gasteiger partial charge in [0.2, 0.25) is 17.2 Å². The number of esters is 1. The third-order valence-electron chi connectivity index (χ3n) is 5.52. The summed E-state index contributed by atoms with van der Waals surface area (Å²) in [5.41, 5.74) is -1.87. The molecule has 17 nitrogen and oxygen atoms in total. The lowest BCUT2D eigenvalue weighted by molar-refractivity contribution is -0.146. The number of hydrogen-bond donors (Lipinski definition) is 7. The molecule has 53 heavy (non-hydrogen) atoms. The van der Waals surface area contributed by atoms with E-state index in [0.29, 0.717) is 18.6 Å². The molecule has 0 unspecified atom stereocenters. The van der Waals surface area contributed by atoms with Gasteiger partial charge in [-0.1, -0.05) is 23.2 Å². The van der Waals surface area contributed by atoms with Gasteiger partial charge >= 0.3 is 31.7 Å². The van der Waals surface area contributed by atoms with Crippen LogP contribution in [0, 0.1) is 11.3 Å². The van der Waals surface area contributed by atoms with E-state index in [1.54, 1.807) is 13.8 Å². The van der Waals surface area contributed by atoms with Crippen molar-refractivity contribution in [3.05, 3.63) is 62.9 Å². The molecule has 24 heteroatoms. The number of aromatic nitrogens is 3. The molecule has 0 saturated carbocycles. The maximum absolute atomic E-state index is 12.7. The number of nitrogens with one attached hydrogen (secondary N) is 3. The van der Waals surface area contributed by atoms with Gasteiger partial charge in [-0.25, -0.2) is 9.59 Å². The fraction of sp³-hybridized carbons (Fsp3) is 0.345. The average molecular weight is 833 g/mol. The molecule has 1 atom stereocenters. The minimum atomic E-state index is -4.56. The van der Waals surface area contributed by atoms with Gasteiger partial charge in [0.1, 0.15) is 17.0 Å². The van der Waals surface area contributed by atoms with Gasteiger partial charge in [-0.05, 0) is 75.7 Å². The molecule has 0 aliphatic carbocycles. The topological polar surface area (TPSA) is 266 Å². The van der Waals surface area contributed by atoms with Gasteiger partial charge in [0.15, 0.2) is 6.10 Å². The molecule has 0 saturated heterocycles. The predicted octanol–water partition coefficient (Wildman–Crippen LogP) is 5.90. The molecule has 2 aromatic carbocycles. The number of carboxylic acids is 2. The summed E-state index contributed by atoms with van der Waals surface area (Å²) in [6.07, 6.45) is -6.55. The zero-order chi connectivity index (χ0) is 40.7. The molecular formula is C29H32Cl3F3N7O10P. The van der Waals surface area contributed by atoms with Crippen molar-refractivity contribution in [2.24, 2.45) is 0 Å². The summed E-state index contributed by atoms with van der Waals surface area (Å²) >= 11 is 17.5. The molecule has 0 fully saturated rings. The Kier molecular flexibility index (Phi) is 18.2. The molecule has 0 radical (unpaired) electrons. The number of aliphatic carboxylic acids is 2. The number of nitriles is 1. The van der Waals surface area contributed by atoms with Crippen molar-refractivity contribution >= 4 is 72.2 Å². The zero-order valence-electron chi connectivity index (χ0n) is 27.9. The lowest BCUT2D eigenvalue weighted by atomic mass is 10.1. The summed E-state index contributed by atoms with van der Waals surface area (Å²) in [4.78, 5) is 60.8. The second kappa shape index (κ2) is 20.7. The number of benzene rings is 2. The van der Waals surface area contributed by atoms with Crippen LogP contribution in [0.3, 0.4) is 0 Å². The first-order chi connectivity index (χ1) is 24.4. The Bertz CT molecular complexity index is 1850. The molecule has 1 aromatic heterocycles. The summed E-state index contributed by atoms with van der Waals surface area (Å²) < 4.78 is 58.2. The average Bonchev–Trinajstić information content (AvgIpc) is 3.01. The Hall–Kier alpha value is -4.48. The van der Waals surface area contributed by atoms with E-state index in [2.05, 4.69) is 37.0 Å². The minimum absolute atomic E-state index is 0.0246. The van der Waals surface area contributed by atoms with Gasteiger partial charge in [0.05, 0.1) is 40.1 Å². The fourth-order valence-corrected chi connectivity index (χ4v) is 4.12. The second-order valence-corrected chi connectivity index (χ2v) is 13.4. The summed E-state index contributed by atoms with van der Waals surface area (Å²) in [6, 6.07) is 8.42. The monoisotopic (exact) mass is 831 g/mol. The largest absolute Gasteiger partial charge is 0.480 e. The van der Waals surface area contributed by atoms with E-state index in [-0.39, 0.29) is 38.3 Å². The van der Waals surface area contributed by atoms with Crippen molar-refractivity contribution in [2.45, 2.75) is 45.5 Å². The van der Waals surface area contributed by atoms with Crippen molar-refractivity contribution in [2.75, 3.05) is 30.0 Å². The van der Waals surface area contributed by atoms with Crippen LogP contribution in [0.2, 0.25) is 15.3 Å². The molecule has 0 amide bonds. The van der Waals surface area contributed by atoms with Gasteiger partial charge in [0, 0.05) is 6.54 Å². The third kappa shape index (κ3) is 18.2. The molecule has 7 N–H and O–H groups in total. The predicted molar refractivity (Wildman–Crippen MR) is 185 cm³/mol. The number of nitrogens with zero attached hydrogens (tertiary/aromatic N) is 4. The molecule has 3 rings (SSSR count). The van der Waals surface area contributed by atoms with Crippen LogP contribution in [-0.4, -0.2) is 83.9 Å². The van der Waals surface area contributed by atoms with Crippen molar-refractivity contribution < 1.29 is 61.6 Å². The molecule has 290 valence electrons. The molecule has 0 bridgehead atoms. The number of halogens is 6. The van der Waals surface area contributed by atoms with Crippen LogP contribution in [-0.2, 0) is 25.1 Å². The normalized spacial score (nSPS) is 11.7. The Morgan fingerprint density at radius 1 is 1.00 bits per heavy atom. The van der Waals surface area contributed by atoms with Crippen molar-refractivity contribution in [3.63, 3.8) is 0 Å². The van der Waals surface area contributed by atoms with Crippen molar-refractivity contribution in [1.82, 2.24) is 20.3 Å². The lowest BCUT2D eigenvalue weighted by Gasteiger charge is -2.17. The van der Waals surface area contributed by atoms with Crippen molar-refractivity contribution in [3.8, 4) is 17.6 Å². The first-order valence-electron chi connectivity index (χ1n) is 14.5. The lowest BCUT2D eigenvalue weighted by Crippen LogP contribution is -2.29. The third-order valence-corrected chi connectivity index (χ3v) is 6.95. The van der Waals surface area contributed by atoms with E-state index < -0.39 is 61.7 Å². The van der Waals surface area contributed by atoms with Crippen molar-refractivity contribution in [1.29, 1.82) is 5.26 Å². The van der Waals surface area contributed by atoms with E-state index in [0.717, 1.165) is 25.1 Å². The summed E-state index contributed by atoms with van der Waals surface area (Å²) in [6.45, 7) is 6.77. The van der Waals surface area contributed by atoms with Crippen LogP contribution in [0.5, 0.6) is 11.5 Å². The van der Waals surface area contributed by atoms with E-state index in [1.165, 1.54) is 12.1 Å². The SMILES string of the molecule is CCNc1nc(Cl)nc(NC(C)(C)C#N)n1.C[C@H](OC(=O)c1cc(Oc2ccc(C(F)(F)F)cc2Cl)ccc1Cl)C(=O)O.O=C(O)CNCP(=O)(O)O. The molecule has 0 aliphatic rings. The van der Waals surface area contributed by atoms with Crippen LogP contribution in [0.15, 0.2) is 36.4 Å². The number of alkyl halides is 3. The molecular weight excluding hydrogens is 801 g/mol. The minimum Gasteiger partial charge on any atom is -0.480 e. The van der Waals surface area contributed by atoms with Gasteiger partial charge in [-0.15, -0.1) is 0 Å². The second-order valence-electron chi connectivity index (χ2n) is 10.6. The molecule has 0 aliphatic heterocycles. The van der Waals surface area contributed by atoms with Crippen LogP contribution in [0.4, 0.5) is 25.1 Å². The quantitative estimate of drug-likeness (QED) is 0.0780. The zero-order valence-corrected chi connectivity index (χ0v) is 31.1. The number of hydrogen-bond acceptors (Lipinski definition) is 13. The van der Waals surface area contributed by atoms with E-state index in [4.69, 9.17) is 69.5 Å². The number of rotatable bonds is 13. The Morgan fingerprint density at radius 3 is 2.13 bits per heavy atom. The molecule has 3 aromatic rings. The van der Waals surface area contributed by atoms with Gasteiger partial charge in [-0.3, -0.25) is 14.7 Å². The van der Waals surface area contributed by atoms with Gasteiger partial charge in [0.25, 0.3) is 0 Å². The highest BCUT2D eigenvalue weighted by molar-refractivity contribution is 7.51. The van der Waals surface area contributed by atoms with Gasteiger partial charge < -0.3 is 40.1 Å². The van der Waals surface area contributed by atoms with E-state index in [1.807, 2.05) is 6.92 Å². The molecule has 1 heterocycles. The maximum Gasteiger partial charge on any atom is 0.416 e. The number of anilines is 2. The van der Waals surface area contributed by atoms with E-state index in [9.17, 15) is 32.1 Å². The van der Waals surface area contributed by atoms with E-state index >= 15 is 0 Å². The highest BCUT2D eigenvalue weighted by Gasteiger charge is 2.31. The van der Waals surface area contributed by atoms with Crippen LogP contribution in [0.1, 0.15) is 43.6 Å². The number of carbonyl (C=O) groups is 3. The fourth-order valence-electron chi connectivity index (χ4n) is 3.14. The smallest absolute Gasteiger partial charge is 0.416 e. The highest BCUT2D eigenvalue weighted by atomic mass is 35.5. The number of carboxylic acid groups (broad SMARTS) is 2. The Balaban J connectivity index is 0.000000455. The van der Waals surface area contributed by atoms with Crippen LogP contribution >= 0.6 is 42.4 Å². The standard InChI is InChI=1S/C17H11Cl2F3O5.C9H13ClN6.C3H8NO5P/c1-8(15(23)24)26-16(25)11-7-10(3-4-12(11)18)27-14-5-2-9(6-13(14)19)17(20,21)22;1-4-12-7-13-6(10)14-8(15-7)16-9(2,3)5-11;5-3(6)1-4-2-10(7,8)9/h2-8H,1H3,(H,23,24);4H2,1-3H3,(H2,12,13,14,15,16);4H,1-2H2,(H,5,6)(H2,7,8,9)/t8-;;/m0../s1. The number of carbonyl (C=O) groups excluding carboxylic acids is 1. The van der Waals surface area contributed by atoms with Gasteiger partial charge in [-0.2, -0.15) is 33.4 Å². The Morgan fingerprint density at radius 2 is 1.62 bits per heavy atom.